The number of aldehydes is 1. The number of carbonyl (C=O) groups is 2. The minimum Gasteiger partial charge on any atom is -0.453 e. The van der Waals surface area contributed by atoms with Crippen LogP contribution in [0.5, 0.6) is 0 Å². The van der Waals surface area contributed by atoms with Crippen LogP contribution in [0.25, 0.3) is 0 Å². The third kappa shape index (κ3) is 5.64. The third-order valence-electron chi connectivity index (χ3n) is 3.71. The third-order valence-corrected chi connectivity index (χ3v) is 4.00. The van der Waals surface area contributed by atoms with Gasteiger partial charge in [0.25, 0.3) is 0 Å². The summed E-state index contributed by atoms with van der Waals surface area (Å²) in [5.41, 5.74) is -0.00694. The van der Waals surface area contributed by atoms with Gasteiger partial charge in [-0.3, -0.25) is 4.79 Å². The summed E-state index contributed by atoms with van der Waals surface area (Å²) >= 11 is 5.36. The number of amides is 1. The minimum atomic E-state index is -0.654. The van der Waals surface area contributed by atoms with E-state index in [1.54, 1.807) is 0 Å². The van der Waals surface area contributed by atoms with Crippen molar-refractivity contribution in [2.75, 3.05) is 7.11 Å². The summed E-state index contributed by atoms with van der Waals surface area (Å²) in [4.78, 5) is 21.0. The molecule has 1 aromatic carbocycles. The van der Waals surface area contributed by atoms with Crippen molar-refractivity contribution in [1.82, 2.24) is 5.32 Å². The number of hydrogen-bond acceptors (Lipinski definition) is 3. The van der Waals surface area contributed by atoms with E-state index in [2.05, 4.69) is 17.0 Å². The van der Waals surface area contributed by atoms with Crippen LogP contribution in [-0.4, -0.2) is 25.5 Å². The van der Waals surface area contributed by atoms with E-state index in [1.165, 1.54) is 44.6 Å². The average Bonchev–Trinajstić information content (AvgIpc) is 2.53. The first-order valence-corrected chi connectivity index (χ1v) is 7.61. The summed E-state index contributed by atoms with van der Waals surface area (Å²) in [6.07, 6.45) is 4.96. The van der Waals surface area contributed by atoms with E-state index in [0.717, 1.165) is 6.42 Å². The normalized spacial score (nSPS) is 20.4. The predicted octanol–water partition coefficient (Wildman–Crippen LogP) is 4.21. The van der Waals surface area contributed by atoms with Crippen LogP contribution in [0, 0.1) is 11.7 Å². The molecule has 1 aliphatic carbocycles. The van der Waals surface area contributed by atoms with Crippen LogP contribution in [0.1, 0.15) is 43.0 Å². The molecular weight excluding hydrogens is 309 g/mol. The molecule has 4 nitrogen and oxygen atoms in total. The molecule has 2 atom stereocenters. The molecule has 0 spiro atoms. The molecule has 2 unspecified atom stereocenters. The van der Waals surface area contributed by atoms with E-state index in [4.69, 9.17) is 11.6 Å². The smallest absolute Gasteiger partial charge is 0.407 e. The summed E-state index contributed by atoms with van der Waals surface area (Å²) in [7, 11) is 1.41. The quantitative estimate of drug-likeness (QED) is 0.827. The molecule has 0 bridgehead atoms. The van der Waals surface area contributed by atoms with Crippen molar-refractivity contribution in [2.24, 2.45) is 5.92 Å². The zero-order valence-electron chi connectivity index (χ0n) is 12.8. The molecule has 6 heteroatoms. The monoisotopic (exact) mass is 329 g/mol. The van der Waals surface area contributed by atoms with E-state index < -0.39 is 5.82 Å². The fourth-order valence-corrected chi connectivity index (χ4v) is 2.53. The van der Waals surface area contributed by atoms with E-state index in [-0.39, 0.29) is 16.7 Å². The first kappa shape index (κ1) is 18.4. The van der Waals surface area contributed by atoms with E-state index >= 15 is 0 Å². The highest BCUT2D eigenvalue weighted by Gasteiger charge is 2.22. The molecule has 1 saturated carbocycles. The van der Waals surface area contributed by atoms with Gasteiger partial charge < -0.3 is 10.1 Å². The highest BCUT2D eigenvalue weighted by molar-refractivity contribution is 6.31. The van der Waals surface area contributed by atoms with Gasteiger partial charge in [-0.1, -0.05) is 37.4 Å². The number of rotatable bonds is 2. The lowest BCUT2D eigenvalue weighted by molar-refractivity contribution is 0.111. The highest BCUT2D eigenvalue weighted by atomic mass is 35.5. The molecule has 0 aromatic heterocycles. The zero-order chi connectivity index (χ0) is 16.5. The average molecular weight is 330 g/mol. The Morgan fingerprint density at radius 3 is 2.64 bits per heavy atom. The van der Waals surface area contributed by atoms with E-state index in [1.807, 2.05) is 0 Å². The number of ether oxygens (including phenoxy) is 1. The molecule has 122 valence electrons. The molecule has 1 N–H and O–H groups in total. The second-order valence-corrected chi connectivity index (χ2v) is 5.67. The Morgan fingerprint density at radius 2 is 2.09 bits per heavy atom. The van der Waals surface area contributed by atoms with Crippen molar-refractivity contribution in [3.63, 3.8) is 0 Å². The largest absolute Gasteiger partial charge is 0.453 e. The van der Waals surface area contributed by atoms with Gasteiger partial charge in [0.05, 0.1) is 17.7 Å². The van der Waals surface area contributed by atoms with Crippen LogP contribution in [0.15, 0.2) is 18.2 Å². The highest BCUT2D eigenvalue weighted by Crippen LogP contribution is 2.23. The first-order valence-electron chi connectivity index (χ1n) is 7.23. The molecule has 1 fully saturated rings. The lowest BCUT2D eigenvalue weighted by Gasteiger charge is -2.28. The number of nitrogens with one attached hydrogen (secondary N) is 1. The molecule has 0 aliphatic heterocycles. The SMILES string of the molecule is COC(=O)NC1CCCCC1C.O=Cc1cccc(Cl)c1F. The first-order chi connectivity index (χ1) is 10.5. The van der Waals surface area contributed by atoms with Gasteiger partial charge in [0.15, 0.2) is 12.1 Å². The molecule has 2 rings (SSSR count). The molecule has 1 amide bonds. The van der Waals surface area contributed by atoms with Crippen LogP contribution in [0.4, 0.5) is 9.18 Å². The number of benzene rings is 1. The Kier molecular flexibility index (Phi) is 7.88. The van der Waals surface area contributed by atoms with Crippen LogP contribution >= 0.6 is 11.6 Å². The van der Waals surface area contributed by atoms with Crippen LogP contribution in [0.2, 0.25) is 5.02 Å². The summed E-state index contributed by atoms with van der Waals surface area (Å²) in [5, 5.41) is 2.83. The van der Waals surface area contributed by atoms with Crippen molar-refractivity contribution in [1.29, 1.82) is 0 Å². The van der Waals surface area contributed by atoms with Crippen LogP contribution in [-0.2, 0) is 4.74 Å². The molecule has 1 aromatic rings. The Bertz CT molecular complexity index is 510. The molecular formula is C16H21ClFNO3. The van der Waals surface area contributed by atoms with Crippen molar-refractivity contribution in [2.45, 2.75) is 38.6 Å². The van der Waals surface area contributed by atoms with Crippen molar-refractivity contribution < 1.29 is 18.7 Å². The number of methoxy groups -OCH3 is 1. The summed E-state index contributed by atoms with van der Waals surface area (Å²) in [5.74, 6) is -0.0583. The summed E-state index contributed by atoms with van der Waals surface area (Å²) in [6.45, 7) is 2.18. The fourth-order valence-electron chi connectivity index (χ4n) is 2.35. The van der Waals surface area contributed by atoms with Crippen molar-refractivity contribution in [3.05, 3.63) is 34.6 Å². The topological polar surface area (TPSA) is 55.4 Å². The molecule has 0 heterocycles. The second-order valence-electron chi connectivity index (χ2n) is 5.27. The van der Waals surface area contributed by atoms with Crippen molar-refractivity contribution >= 4 is 24.0 Å². The lowest BCUT2D eigenvalue weighted by Crippen LogP contribution is -2.40. The fraction of sp³-hybridized carbons (Fsp3) is 0.500. The lowest BCUT2D eigenvalue weighted by atomic mass is 9.86. The van der Waals surface area contributed by atoms with Crippen LogP contribution < -0.4 is 5.32 Å². The minimum absolute atomic E-state index is 0.00694. The number of carbonyl (C=O) groups excluding carboxylic acids is 2. The number of alkyl carbamates (subject to hydrolysis) is 1. The second kappa shape index (κ2) is 9.41. The predicted molar refractivity (Wildman–Crippen MR) is 83.8 cm³/mol. The van der Waals surface area contributed by atoms with Gasteiger partial charge in [-0.15, -0.1) is 0 Å². The number of hydrogen-bond donors (Lipinski definition) is 1. The van der Waals surface area contributed by atoms with E-state index in [9.17, 15) is 14.0 Å². The van der Waals surface area contributed by atoms with Gasteiger partial charge in [0, 0.05) is 6.04 Å². The van der Waals surface area contributed by atoms with Gasteiger partial charge in [0.1, 0.15) is 0 Å². The zero-order valence-corrected chi connectivity index (χ0v) is 13.5. The molecule has 0 radical (unpaired) electrons. The van der Waals surface area contributed by atoms with Crippen molar-refractivity contribution in [3.8, 4) is 0 Å². The summed E-state index contributed by atoms with van der Waals surface area (Å²) < 4.78 is 17.2. The van der Waals surface area contributed by atoms with Crippen LogP contribution in [0.3, 0.4) is 0 Å². The summed E-state index contributed by atoms with van der Waals surface area (Å²) in [6, 6.07) is 4.61. The van der Waals surface area contributed by atoms with Gasteiger partial charge in [-0.25, -0.2) is 9.18 Å². The maximum atomic E-state index is 12.6. The Morgan fingerprint density at radius 1 is 1.41 bits per heavy atom. The number of halogens is 2. The Balaban J connectivity index is 0.000000224. The molecule has 0 saturated heterocycles. The van der Waals surface area contributed by atoms with Gasteiger partial charge in [-0.05, 0) is 30.9 Å². The van der Waals surface area contributed by atoms with Gasteiger partial charge in [-0.2, -0.15) is 0 Å². The molecule has 22 heavy (non-hydrogen) atoms. The maximum Gasteiger partial charge on any atom is 0.407 e. The Labute approximate surface area is 135 Å². The van der Waals surface area contributed by atoms with Gasteiger partial charge >= 0.3 is 6.09 Å². The maximum absolute atomic E-state index is 12.6. The van der Waals surface area contributed by atoms with E-state index in [0.29, 0.717) is 18.2 Å². The Hall–Kier alpha value is -1.62. The van der Waals surface area contributed by atoms with Gasteiger partial charge in [0.2, 0.25) is 0 Å². The standard InChI is InChI=1S/C9H17NO2.C7H4ClFO/c1-7-5-3-4-6-8(7)10-9(11)12-2;8-6-3-1-2-5(4-10)7(6)9/h7-8H,3-6H2,1-2H3,(H,10,11);1-4H. The molecule has 1 aliphatic rings.